The molecule has 0 atom stereocenters. The van der Waals surface area contributed by atoms with Crippen LogP contribution in [0.15, 0.2) is 53.7 Å². The van der Waals surface area contributed by atoms with Gasteiger partial charge in [-0.25, -0.2) is 8.78 Å². The highest BCUT2D eigenvalue weighted by Gasteiger charge is 2.06. The van der Waals surface area contributed by atoms with Crippen LogP contribution in [0.4, 0.5) is 8.78 Å². The second kappa shape index (κ2) is 7.01. The Morgan fingerprint density at radius 1 is 1.15 bits per heavy atom. The van der Waals surface area contributed by atoms with Crippen LogP contribution in [0.25, 0.3) is 0 Å². The Morgan fingerprint density at radius 3 is 2.70 bits per heavy atom. The van der Waals surface area contributed by atoms with Gasteiger partial charge in [0, 0.05) is 11.1 Å². The lowest BCUT2D eigenvalue weighted by Crippen LogP contribution is -1.91. The fraction of sp³-hybridized carbons (Fsp3) is 0.133. The third-order valence-corrected chi connectivity index (χ3v) is 2.87. The van der Waals surface area contributed by atoms with Crippen LogP contribution in [0.5, 0.6) is 0 Å². The van der Waals surface area contributed by atoms with Crippen molar-refractivity contribution in [3.63, 3.8) is 0 Å². The molecule has 0 fully saturated rings. The second-order valence-corrected chi connectivity index (χ2v) is 4.41. The van der Waals surface area contributed by atoms with Crippen LogP contribution in [0.1, 0.15) is 23.1 Å². The zero-order valence-corrected chi connectivity index (χ0v) is 11.1. The maximum Gasteiger partial charge on any atom is 0.263 e. The third kappa shape index (κ3) is 4.03. The average Bonchev–Trinajstić information content (AvgIpc) is 2.45. The monoisotopic (exact) mass is 294 g/mol. The molecule has 0 aliphatic heterocycles. The van der Waals surface area contributed by atoms with Crippen molar-refractivity contribution < 1.29 is 13.6 Å². The van der Waals surface area contributed by atoms with Gasteiger partial charge < -0.3 is 4.84 Å². The number of benzene rings is 2. The molecule has 2 rings (SSSR count). The van der Waals surface area contributed by atoms with Gasteiger partial charge in [0.2, 0.25) is 0 Å². The number of halogens is 3. The Hall–Kier alpha value is -1.94. The number of hydrogen-bond acceptors (Lipinski definition) is 2. The largest absolute Gasteiger partial charge is 0.390 e. The quantitative estimate of drug-likeness (QED) is 0.578. The molecular weight excluding hydrogens is 284 g/mol. The van der Waals surface area contributed by atoms with Crippen molar-refractivity contribution in [3.05, 3.63) is 70.2 Å². The molecule has 2 aromatic rings. The molecule has 0 amide bonds. The standard InChI is InChI=1S/C15H11ClF2NO/c16-14-7-2-1-5-13(14)9-19-20-10-11-4-3-6-12(8-11)15(17)18/h1-8,15H,10H2. The Balaban J connectivity index is 1.93. The maximum absolute atomic E-state index is 12.5. The van der Waals surface area contributed by atoms with Gasteiger partial charge in [0.25, 0.3) is 6.43 Å². The van der Waals surface area contributed by atoms with Crippen LogP contribution in [-0.2, 0) is 11.4 Å². The Bertz CT molecular complexity index is 602. The maximum atomic E-state index is 12.5. The summed E-state index contributed by atoms with van der Waals surface area (Å²) in [5, 5.41) is 4.16. The summed E-state index contributed by atoms with van der Waals surface area (Å²) in [6, 6.07) is 13.1. The summed E-state index contributed by atoms with van der Waals surface area (Å²) in [5.41, 5.74) is 1.19. The summed E-state index contributed by atoms with van der Waals surface area (Å²) >= 11 is 5.91. The third-order valence-electron chi connectivity index (χ3n) is 2.54. The van der Waals surface area contributed by atoms with Crippen LogP contribution in [-0.4, -0.2) is 6.21 Å². The van der Waals surface area contributed by atoms with Gasteiger partial charge in [-0.05, 0) is 17.7 Å². The fourth-order valence-electron chi connectivity index (χ4n) is 1.56. The first-order valence-corrected chi connectivity index (χ1v) is 6.24. The van der Waals surface area contributed by atoms with E-state index in [-0.39, 0.29) is 12.2 Å². The highest BCUT2D eigenvalue weighted by atomic mass is 35.5. The van der Waals surface area contributed by atoms with Gasteiger partial charge in [-0.1, -0.05) is 53.2 Å². The number of hydrogen-bond donors (Lipinski definition) is 0. The molecule has 0 aliphatic carbocycles. The van der Waals surface area contributed by atoms with Gasteiger partial charge in [-0.3, -0.25) is 0 Å². The lowest BCUT2D eigenvalue weighted by molar-refractivity contribution is 0.130. The van der Waals surface area contributed by atoms with E-state index in [1.807, 2.05) is 0 Å². The Morgan fingerprint density at radius 2 is 1.95 bits per heavy atom. The van der Waals surface area contributed by atoms with E-state index in [1.165, 1.54) is 12.1 Å². The number of nitrogens with zero attached hydrogens (tertiary/aromatic N) is 1. The van der Waals surface area contributed by atoms with Crippen molar-refractivity contribution in [1.29, 1.82) is 0 Å². The van der Waals surface area contributed by atoms with Gasteiger partial charge >= 0.3 is 0 Å². The minimum atomic E-state index is -2.49. The van der Waals surface area contributed by atoms with Crippen LogP contribution < -0.4 is 0 Å². The number of rotatable bonds is 5. The predicted molar refractivity (Wildman–Crippen MR) is 74.2 cm³/mol. The normalized spacial score (nSPS) is 11.2. The first kappa shape index (κ1) is 14.5. The first-order valence-electron chi connectivity index (χ1n) is 5.86. The molecular formula is C15H11ClF2NO. The minimum Gasteiger partial charge on any atom is -0.390 e. The molecule has 5 heteroatoms. The van der Waals surface area contributed by atoms with Crippen molar-refractivity contribution >= 4 is 17.8 Å². The Labute approximate surface area is 120 Å². The SMILES string of the molecule is FC(F)c1cccc(CO/N=[C]\c2ccccc2Cl)c1. The molecule has 1 radical (unpaired) electrons. The van der Waals surface area contributed by atoms with E-state index in [4.69, 9.17) is 16.4 Å². The van der Waals surface area contributed by atoms with Crippen LogP contribution in [0.2, 0.25) is 5.02 Å². The van der Waals surface area contributed by atoms with Crippen LogP contribution in [0.3, 0.4) is 0 Å². The van der Waals surface area contributed by atoms with E-state index in [0.717, 1.165) is 0 Å². The smallest absolute Gasteiger partial charge is 0.263 e. The molecule has 0 saturated heterocycles. The highest BCUT2D eigenvalue weighted by Crippen LogP contribution is 2.19. The summed E-state index contributed by atoms with van der Waals surface area (Å²) in [6.07, 6.45) is 0.151. The zero-order chi connectivity index (χ0) is 14.4. The predicted octanol–water partition coefficient (Wildman–Crippen LogP) is 4.71. The number of alkyl halides is 2. The summed E-state index contributed by atoms with van der Waals surface area (Å²) in [5.74, 6) is 0. The molecule has 0 bridgehead atoms. The van der Waals surface area contributed by atoms with E-state index in [2.05, 4.69) is 11.4 Å². The lowest BCUT2D eigenvalue weighted by atomic mass is 10.1. The first-order chi connectivity index (χ1) is 9.66. The molecule has 2 nitrogen and oxygen atoms in total. The highest BCUT2D eigenvalue weighted by molar-refractivity contribution is 6.33. The topological polar surface area (TPSA) is 21.6 Å². The molecule has 0 saturated carbocycles. The van der Waals surface area contributed by atoms with Gasteiger partial charge in [0.15, 0.2) is 0 Å². The minimum absolute atomic E-state index is 0.0369. The van der Waals surface area contributed by atoms with Gasteiger partial charge in [-0.2, -0.15) is 0 Å². The van der Waals surface area contributed by atoms with E-state index >= 15 is 0 Å². The second-order valence-electron chi connectivity index (χ2n) is 4.00. The zero-order valence-electron chi connectivity index (χ0n) is 10.4. The van der Waals surface area contributed by atoms with E-state index in [9.17, 15) is 8.78 Å². The molecule has 0 aromatic heterocycles. The fourth-order valence-corrected chi connectivity index (χ4v) is 1.74. The molecule has 0 unspecified atom stereocenters. The van der Waals surface area contributed by atoms with Crippen LogP contribution in [0, 0.1) is 0 Å². The van der Waals surface area contributed by atoms with Crippen molar-refractivity contribution in [3.8, 4) is 0 Å². The molecule has 103 valence electrons. The van der Waals surface area contributed by atoms with E-state index in [1.54, 1.807) is 36.4 Å². The lowest BCUT2D eigenvalue weighted by Gasteiger charge is -2.03. The summed E-state index contributed by atoms with van der Waals surface area (Å²) < 4.78 is 25.0. The van der Waals surface area contributed by atoms with Crippen molar-refractivity contribution in [2.24, 2.45) is 5.16 Å². The van der Waals surface area contributed by atoms with Gasteiger partial charge in [0.05, 0.1) is 5.02 Å². The van der Waals surface area contributed by atoms with Crippen molar-refractivity contribution in [2.45, 2.75) is 13.0 Å². The average molecular weight is 295 g/mol. The van der Waals surface area contributed by atoms with Crippen LogP contribution >= 0.6 is 11.6 Å². The summed E-state index contributed by atoms with van der Waals surface area (Å²) in [6.45, 7) is 0.0953. The molecule has 0 N–H and O–H groups in total. The molecule has 0 spiro atoms. The Kier molecular flexibility index (Phi) is 5.07. The summed E-state index contributed by atoms with van der Waals surface area (Å²) in [4.78, 5) is 5.02. The van der Waals surface area contributed by atoms with E-state index in [0.29, 0.717) is 16.1 Å². The van der Waals surface area contributed by atoms with E-state index < -0.39 is 6.43 Å². The molecule has 0 aliphatic rings. The van der Waals surface area contributed by atoms with Gasteiger partial charge in [-0.15, -0.1) is 0 Å². The van der Waals surface area contributed by atoms with Gasteiger partial charge in [0.1, 0.15) is 12.8 Å². The van der Waals surface area contributed by atoms with Crippen molar-refractivity contribution in [2.75, 3.05) is 0 Å². The summed E-state index contributed by atoms with van der Waals surface area (Å²) in [7, 11) is 0. The molecule has 20 heavy (non-hydrogen) atoms. The molecule has 0 heterocycles. The van der Waals surface area contributed by atoms with Crippen molar-refractivity contribution in [1.82, 2.24) is 0 Å². The molecule has 2 aromatic carbocycles.